The summed E-state index contributed by atoms with van der Waals surface area (Å²) in [5, 5.41) is 14.0. The molecule has 1 aromatic heterocycles. The van der Waals surface area contributed by atoms with Crippen molar-refractivity contribution in [1.82, 2.24) is 15.5 Å². The number of nitrogens with zero attached hydrogens (tertiary/aromatic N) is 3. The number of piperidine rings is 1. The zero-order valence-electron chi connectivity index (χ0n) is 19.3. The van der Waals surface area contributed by atoms with Crippen LogP contribution in [-0.2, 0) is 6.18 Å². The van der Waals surface area contributed by atoms with Crippen LogP contribution in [-0.4, -0.2) is 41.8 Å². The molecule has 1 aliphatic rings. The Morgan fingerprint density at radius 1 is 1.06 bits per heavy atom. The van der Waals surface area contributed by atoms with Crippen LogP contribution in [0.15, 0.2) is 30.3 Å². The number of hydrogen-bond acceptors (Lipinski definition) is 5. The second-order valence-electron chi connectivity index (χ2n) is 8.54. The molecule has 1 aliphatic heterocycles. The van der Waals surface area contributed by atoms with E-state index in [1.165, 1.54) is 19.3 Å². The van der Waals surface area contributed by atoms with E-state index >= 15 is 0 Å². The van der Waals surface area contributed by atoms with E-state index in [9.17, 15) is 22.4 Å². The molecule has 3 rings (SSSR count). The lowest BCUT2D eigenvalue weighted by atomic mass is 10.0. The standard InChI is InChI=1S/C24H31F4N5O/c1-2-3-4-5-6-13-29-23(34)21-9-10-22(32-31-21)33-14-11-18(12-15-33)30-20-8-7-17(25)16-19(20)24(26,27)28/h7-10,16,18,30H,2-6,11-15H2,1H3,(H,29,34). The predicted octanol–water partition coefficient (Wildman–Crippen LogP) is 5.42. The van der Waals surface area contributed by atoms with Crippen molar-refractivity contribution in [3.63, 3.8) is 0 Å². The van der Waals surface area contributed by atoms with Gasteiger partial charge >= 0.3 is 6.18 Å². The Bertz CT molecular complexity index is 928. The average molecular weight is 482 g/mol. The molecule has 0 unspecified atom stereocenters. The highest BCUT2D eigenvalue weighted by atomic mass is 19.4. The van der Waals surface area contributed by atoms with Crippen molar-refractivity contribution in [2.75, 3.05) is 29.9 Å². The van der Waals surface area contributed by atoms with E-state index in [4.69, 9.17) is 0 Å². The fourth-order valence-electron chi connectivity index (χ4n) is 3.99. The molecule has 34 heavy (non-hydrogen) atoms. The molecule has 2 heterocycles. The first kappa shape index (κ1) is 25.7. The van der Waals surface area contributed by atoms with Gasteiger partial charge in [0.05, 0.1) is 5.56 Å². The molecule has 1 saturated heterocycles. The zero-order valence-corrected chi connectivity index (χ0v) is 19.3. The van der Waals surface area contributed by atoms with E-state index < -0.39 is 17.6 Å². The normalized spacial score (nSPS) is 14.8. The number of carbonyl (C=O) groups is 1. The van der Waals surface area contributed by atoms with Crippen molar-refractivity contribution in [1.29, 1.82) is 0 Å². The highest BCUT2D eigenvalue weighted by Crippen LogP contribution is 2.36. The molecule has 1 fully saturated rings. The number of halogens is 4. The molecule has 0 saturated carbocycles. The monoisotopic (exact) mass is 481 g/mol. The first-order valence-electron chi connectivity index (χ1n) is 11.8. The zero-order chi connectivity index (χ0) is 24.6. The molecule has 0 bridgehead atoms. The van der Waals surface area contributed by atoms with E-state index in [0.29, 0.717) is 44.4 Å². The number of anilines is 2. The van der Waals surface area contributed by atoms with E-state index in [1.807, 2.05) is 4.90 Å². The number of benzene rings is 1. The van der Waals surface area contributed by atoms with Crippen molar-refractivity contribution in [2.45, 2.75) is 64.1 Å². The third-order valence-corrected chi connectivity index (χ3v) is 5.91. The summed E-state index contributed by atoms with van der Waals surface area (Å²) in [7, 11) is 0. The minimum Gasteiger partial charge on any atom is -0.382 e. The van der Waals surface area contributed by atoms with Crippen molar-refractivity contribution in [3.8, 4) is 0 Å². The maximum Gasteiger partial charge on any atom is 0.418 e. The maximum absolute atomic E-state index is 13.3. The molecular formula is C24H31F4N5O. The number of hydrogen-bond donors (Lipinski definition) is 2. The van der Waals surface area contributed by atoms with Gasteiger partial charge in [0, 0.05) is 31.4 Å². The van der Waals surface area contributed by atoms with Crippen molar-refractivity contribution in [3.05, 3.63) is 47.4 Å². The second kappa shape index (κ2) is 12.0. The number of rotatable bonds is 10. The lowest BCUT2D eigenvalue weighted by molar-refractivity contribution is -0.137. The number of unbranched alkanes of at least 4 members (excludes halogenated alkanes) is 4. The Kier molecular flexibility index (Phi) is 9.06. The van der Waals surface area contributed by atoms with Gasteiger partial charge in [-0.25, -0.2) is 4.39 Å². The van der Waals surface area contributed by atoms with Crippen LogP contribution in [0.4, 0.5) is 29.1 Å². The quantitative estimate of drug-likeness (QED) is 0.351. The van der Waals surface area contributed by atoms with Gasteiger partial charge in [-0.3, -0.25) is 4.79 Å². The van der Waals surface area contributed by atoms with Crippen molar-refractivity contribution >= 4 is 17.4 Å². The van der Waals surface area contributed by atoms with Crippen LogP contribution in [0, 0.1) is 5.82 Å². The van der Waals surface area contributed by atoms with Crippen LogP contribution in [0.2, 0.25) is 0 Å². The molecule has 0 atom stereocenters. The topological polar surface area (TPSA) is 70.2 Å². The molecule has 6 nitrogen and oxygen atoms in total. The summed E-state index contributed by atoms with van der Waals surface area (Å²) in [6.07, 6.45) is 2.09. The highest BCUT2D eigenvalue weighted by Gasteiger charge is 2.34. The Hall–Kier alpha value is -2.91. The number of nitrogens with one attached hydrogen (secondary N) is 2. The summed E-state index contributed by atoms with van der Waals surface area (Å²) < 4.78 is 53.0. The van der Waals surface area contributed by atoms with E-state index in [0.717, 1.165) is 25.0 Å². The van der Waals surface area contributed by atoms with Gasteiger partial charge in [-0.1, -0.05) is 32.6 Å². The Labute approximate surface area is 197 Å². The van der Waals surface area contributed by atoms with E-state index in [2.05, 4.69) is 27.8 Å². The third-order valence-electron chi connectivity index (χ3n) is 5.91. The Balaban J connectivity index is 1.48. The van der Waals surface area contributed by atoms with E-state index in [1.54, 1.807) is 12.1 Å². The fraction of sp³-hybridized carbons (Fsp3) is 0.542. The Morgan fingerprint density at radius 3 is 2.44 bits per heavy atom. The van der Waals surface area contributed by atoms with Gasteiger partial charge in [0.1, 0.15) is 5.82 Å². The van der Waals surface area contributed by atoms with Gasteiger partial charge in [0.25, 0.3) is 5.91 Å². The van der Waals surface area contributed by atoms with Crippen LogP contribution >= 0.6 is 0 Å². The highest BCUT2D eigenvalue weighted by molar-refractivity contribution is 5.92. The first-order chi connectivity index (χ1) is 16.3. The van der Waals surface area contributed by atoms with Crippen molar-refractivity contribution < 1.29 is 22.4 Å². The average Bonchev–Trinajstić information content (AvgIpc) is 2.82. The third kappa shape index (κ3) is 7.30. The molecule has 2 N–H and O–H groups in total. The molecule has 186 valence electrons. The van der Waals surface area contributed by atoms with Crippen LogP contribution in [0.1, 0.15) is 67.9 Å². The van der Waals surface area contributed by atoms with Gasteiger partial charge in [0.15, 0.2) is 11.5 Å². The summed E-state index contributed by atoms with van der Waals surface area (Å²) in [4.78, 5) is 14.2. The van der Waals surface area contributed by atoms with Crippen LogP contribution in [0.3, 0.4) is 0 Å². The molecule has 2 aromatic rings. The summed E-state index contributed by atoms with van der Waals surface area (Å²) in [6, 6.07) is 5.85. The molecule has 1 amide bonds. The molecule has 0 spiro atoms. The largest absolute Gasteiger partial charge is 0.418 e. The van der Waals surface area contributed by atoms with Gasteiger partial charge in [-0.05, 0) is 49.6 Å². The number of amides is 1. The molecular weight excluding hydrogens is 450 g/mol. The van der Waals surface area contributed by atoms with Crippen molar-refractivity contribution in [2.24, 2.45) is 0 Å². The predicted molar refractivity (Wildman–Crippen MR) is 123 cm³/mol. The summed E-state index contributed by atoms with van der Waals surface area (Å²) in [5.41, 5.74) is -0.867. The summed E-state index contributed by atoms with van der Waals surface area (Å²) in [5.74, 6) is -0.556. The Morgan fingerprint density at radius 2 is 1.79 bits per heavy atom. The van der Waals surface area contributed by atoms with Crippen LogP contribution in [0.25, 0.3) is 0 Å². The molecule has 10 heteroatoms. The molecule has 1 aromatic carbocycles. The van der Waals surface area contributed by atoms with Crippen LogP contribution in [0.5, 0.6) is 0 Å². The van der Waals surface area contributed by atoms with Gasteiger partial charge in [-0.15, -0.1) is 10.2 Å². The fourth-order valence-corrected chi connectivity index (χ4v) is 3.99. The minimum absolute atomic E-state index is 0.118. The lowest BCUT2D eigenvalue weighted by Crippen LogP contribution is -2.40. The van der Waals surface area contributed by atoms with Gasteiger partial charge in [-0.2, -0.15) is 13.2 Å². The second-order valence-corrected chi connectivity index (χ2v) is 8.54. The number of carbonyl (C=O) groups excluding carboxylic acids is 1. The SMILES string of the molecule is CCCCCCCNC(=O)c1ccc(N2CCC(Nc3ccc(F)cc3C(F)(F)F)CC2)nn1. The molecule has 0 aliphatic carbocycles. The smallest absolute Gasteiger partial charge is 0.382 e. The van der Waals surface area contributed by atoms with E-state index in [-0.39, 0.29) is 23.3 Å². The number of aromatic nitrogens is 2. The summed E-state index contributed by atoms with van der Waals surface area (Å²) >= 11 is 0. The van der Waals surface area contributed by atoms with Gasteiger partial charge in [0.2, 0.25) is 0 Å². The minimum atomic E-state index is -4.64. The summed E-state index contributed by atoms with van der Waals surface area (Å²) in [6.45, 7) is 3.90. The molecule has 0 radical (unpaired) electrons. The number of alkyl halides is 3. The maximum atomic E-state index is 13.3. The first-order valence-corrected chi connectivity index (χ1v) is 11.8. The van der Waals surface area contributed by atoms with Gasteiger partial charge < -0.3 is 15.5 Å². The lowest BCUT2D eigenvalue weighted by Gasteiger charge is -2.33. The van der Waals surface area contributed by atoms with Crippen LogP contribution < -0.4 is 15.5 Å².